The molecule has 2 rings (SSSR count). The number of amides is 1. The van der Waals surface area contributed by atoms with Crippen molar-refractivity contribution in [3.63, 3.8) is 0 Å². The molecule has 1 amide bonds. The summed E-state index contributed by atoms with van der Waals surface area (Å²) in [7, 11) is 0. The molecule has 0 aromatic heterocycles. The van der Waals surface area contributed by atoms with Crippen molar-refractivity contribution >= 4 is 12.0 Å². The van der Waals surface area contributed by atoms with Crippen molar-refractivity contribution in [3.05, 3.63) is 42.0 Å². The molecule has 1 saturated heterocycles. The van der Waals surface area contributed by atoms with E-state index in [0.717, 1.165) is 5.56 Å². The van der Waals surface area contributed by atoms with Gasteiger partial charge in [-0.3, -0.25) is 9.69 Å². The predicted molar refractivity (Wildman–Crippen MR) is 84.4 cm³/mol. The first kappa shape index (κ1) is 21.2. The van der Waals surface area contributed by atoms with E-state index < -0.39 is 23.9 Å². The minimum absolute atomic E-state index is 0.0819. The van der Waals surface area contributed by atoms with Crippen LogP contribution in [0.5, 0.6) is 0 Å². The minimum Gasteiger partial charge on any atom is -0.335 e. The lowest BCUT2D eigenvalue weighted by Crippen LogP contribution is -2.62. The largest absolute Gasteiger partial charge is 0.460 e. The fraction of sp³-hybridized carbons (Fsp3) is 0.471. The zero-order valence-corrected chi connectivity index (χ0v) is 14.0. The SMILES string of the molecule is O=C(N1CCN(CC=Cc2ccccc2)CC1)C(F)(F)C(F)(F)C(F)(F)F. The Hall–Kier alpha value is -2.10. The summed E-state index contributed by atoms with van der Waals surface area (Å²) in [6.45, 7) is -0.133. The van der Waals surface area contributed by atoms with Gasteiger partial charge in [0.15, 0.2) is 0 Å². The number of nitrogens with zero attached hydrogens (tertiary/aromatic N) is 2. The summed E-state index contributed by atoms with van der Waals surface area (Å²) >= 11 is 0. The van der Waals surface area contributed by atoms with Crippen molar-refractivity contribution in [1.82, 2.24) is 9.80 Å². The number of hydrogen-bond acceptors (Lipinski definition) is 2. The van der Waals surface area contributed by atoms with Gasteiger partial charge in [0.05, 0.1) is 0 Å². The Morgan fingerprint density at radius 1 is 0.926 bits per heavy atom. The molecule has 0 saturated carbocycles. The van der Waals surface area contributed by atoms with E-state index in [2.05, 4.69) is 0 Å². The van der Waals surface area contributed by atoms with E-state index in [4.69, 9.17) is 0 Å². The van der Waals surface area contributed by atoms with Gasteiger partial charge in [0, 0.05) is 32.7 Å². The molecular formula is C17H17F7N2O. The number of piperazine rings is 1. The fourth-order valence-electron chi connectivity index (χ4n) is 2.55. The lowest BCUT2D eigenvalue weighted by molar-refractivity contribution is -0.346. The van der Waals surface area contributed by atoms with Crippen LogP contribution in [0.15, 0.2) is 36.4 Å². The first-order valence-corrected chi connectivity index (χ1v) is 8.02. The summed E-state index contributed by atoms with van der Waals surface area (Å²) in [4.78, 5) is 13.7. The van der Waals surface area contributed by atoms with E-state index in [1.54, 1.807) is 11.0 Å². The van der Waals surface area contributed by atoms with Crippen LogP contribution in [-0.2, 0) is 4.79 Å². The number of rotatable bonds is 5. The van der Waals surface area contributed by atoms with Gasteiger partial charge in [0.1, 0.15) is 0 Å². The maximum absolute atomic E-state index is 13.5. The average Bonchev–Trinajstić information content (AvgIpc) is 2.61. The molecule has 1 aliphatic heterocycles. The predicted octanol–water partition coefficient (Wildman–Crippen LogP) is 3.68. The van der Waals surface area contributed by atoms with Gasteiger partial charge in [-0.1, -0.05) is 42.5 Å². The van der Waals surface area contributed by atoms with Crippen LogP contribution in [0.25, 0.3) is 6.08 Å². The first-order valence-electron chi connectivity index (χ1n) is 8.02. The molecule has 1 fully saturated rings. The highest BCUT2D eigenvalue weighted by molar-refractivity contribution is 5.85. The van der Waals surface area contributed by atoms with Crippen LogP contribution in [0.1, 0.15) is 5.56 Å². The van der Waals surface area contributed by atoms with Gasteiger partial charge in [0.25, 0.3) is 5.91 Å². The van der Waals surface area contributed by atoms with Crippen molar-refractivity contribution in [1.29, 1.82) is 0 Å². The number of alkyl halides is 7. The summed E-state index contributed by atoms with van der Waals surface area (Å²) in [5.41, 5.74) is 0.945. The highest BCUT2D eigenvalue weighted by Crippen LogP contribution is 2.47. The van der Waals surface area contributed by atoms with Crippen LogP contribution in [-0.4, -0.2) is 66.5 Å². The lowest BCUT2D eigenvalue weighted by Gasteiger charge is -2.37. The van der Waals surface area contributed by atoms with Crippen molar-refractivity contribution in [2.24, 2.45) is 0 Å². The molecule has 0 N–H and O–H groups in total. The number of carbonyl (C=O) groups excluding carboxylic acids is 1. The zero-order valence-electron chi connectivity index (χ0n) is 14.0. The second-order valence-electron chi connectivity index (χ2n) is 6.05. The lowest BCUT2D eigenvalue weighted by atomic mass is 10.1. The maximum Gasteiger partial charge on any atom is 0.460 e. The molecule has 0 bridgehead atoms. The summed E-state index contributed by atoms with van der Waals surface area (Å²) in [6, 6.07) is 9.29. The number of benzene rings is 1. The molecule has 1 heterocycles. The monoisotopic (exact) mass is 398 g/mol. The minimum atomic E-state index is -6.52. The topological polar surface area (TPSA) is 23.6 Å². The van der Waals surface area contributed by atoms with Gasteiger partial charge in [-0.05, 0) is 5.56 Å². The molecule has 0 spiro atoms. The van der Waals surface area contributed by atoms with Crippen molar-refractivity contribution < 1.29 is 35.5 Å². The van der Waals surface area contributed by atoms with Gasteiger partial charge in [-0.15, -0.1) is 0 Å². The molecule has 1 aromatic carbocycles. The van der Waals surface area contributed by atoms with Gasteiger partial charge in [-0.2, -0.15) is 30.7 Å². The quantitative estimate of drug-likeness (QED) is 0.707. The summed E-state index contributed by atoms with van der Waals surface area (Å²) in [5.74, 6) is -14.8. The molecule has 3 nitrogen and oxygen atoms in total. The van der Waals surface area contributed by atoms with Crippen LogP contribution in [0.4, 0.5) is 30.7 Å². The third-order valence-corrected chi connectivity index (χ3v) is 4.15. The van der Waals surface area contributed by atoms with E-state index in [0.29, 0.717) is 11.4 Å². The van der Waals surface area contributed by atoms with Crippen LogP contribution < -0.4 is 0 Å². The number of halogens is 7. The smallest absolute Gasteiger partial charge is 0.335 e. The standard InChI is InChI=1S/C17H17F7N2O/c18-15(19,16(20,21)17(22,23)24)14(27)26-11-9-25(10-12-26)8-4-7-13-5-2-1-3-6-13/h1-7H,8-12H2. The summed E-state index contributed by atoms with van der Waals surface area (Å²) in [6.07, 6.45) is -2.88. The Labute approximate surface area is 151 Å². The third-order valence-electron chi connectivity index (χ3n) is 4.15. The van der Waals surface area contributed by atoms with Gasteiger partial charge in [0.2, 0.25) is 0 Å². The fourth-order valence-corrected chi connectivity index (χ4v) is 2.55. The Balaban J connectivity index is 1.91. The number of carbonyl (C=O) groups is 1. The molecule has 0 atom stereocenters. The average molecular weight is 398 g/mol. The Kier molecular flexibility index (Phi) is 6.18. The molecule has 150 valence electrons. The van der Waals surface area contributed by atoms with E-state index in [1.165, 1.54) is 0 Å². The van der Waals surface area contributed by atoms with Crippen LogP contribution in [0.2, 0.25) is 0 Å². The first-order chi connectivity index (χ1) is 12.5. The van der Waals surface area contributed by atoms with Crippen molar-refractivity contribution in [3.8, 4) is 0 Å². The van der Waals surface area contributed by atoms with Crippen molar-refractivity contribution in [2.75, 3.05) is 32.7 Å². The second-order valence-corrected chi connectivity index (χ2v) is 6.05. The summed E-state index contributed by atoms with van der Waals surface area (Å²) < 4.78 is 89.5. The van der Waals surface area contributed by atoms with Crippen LogP contribution in [0.3, 0.4) is 0 Å². The summed E-state index contributed by atoms with van der Waals surface area (Å²) in [5, 5.41) is 0. The van der Waals surface area contributed by atoms with Gasteiger partial charge >= 0.3 is 18.0 Å². The molecular weight excluding hydrogens is 381 g/mol. The zero-order chi connectivity index (χ0) is 20.3. The number of hydrogen-bond donors (Lipinski definition) is 0. The van der Waals surface area contributed by atoms with Gasteiger partial charge < -0.3 is 4.90 Å². The van der Waals surface area contributed by atoms with E-state index in [1.807, 2.05) is 36.4 Å². The highest BCUT2D eigenvalue weighted by atomic mass is 19.4. The second kappa shape index (κ2) is 7.87. The van der Waals surface area contributed by atoms with Gasteiger partial charge in [-0.25, -0.2) is 0 Å². The van der Waals surface area contributed by atoms with E-state index in [9.17, 15) is 35.5 Å². The highest BCUT2D eigenvalue weighted by Gasteiger charge is 2.76. The molecule has 27 heavy (non-hydrogen) atoms. The molecule has 1 aromatic rings. The third kappa shape index (κ3) is 4.60. The van der Waals surface area contributed by atoms with Crippen LogP contribution in [0, 0.1) is 0 Å². The molecule has 0 aliphatic carbocycles. The Morgan fingerprint density at radius 3 is 2.00 bits per heavy atom. The van der Waals surface area contributed by atoms with E-state index in [-0.39, 0.29) is 26.2 Å². The molecule has 10 heteroatoms. The van der Waals surface area contributed by atoms with Crippen LogP contribution >= 0.6 is 0 Å². The van der Waals surface area contributed by atoms with E-state index >= 15 is 0 Å². The molecule has 0 radical (unpaired) electrons. The Morgan fingerprint density at radius 2 is 1.48 bits per heavy atom. The normalized spacial score (nSPS) is 17.5. The maximum atomic E-state index is 13.5. The van der Waals surface area contributed by atoms with Crippen molar-refractivity contribution in [2.45, 2.75) is 18.0 Å². The molecule has 1 aliphatic rings. The Bertz CT molecular complexity index is 666. The molecule has 0 unspecified atom stereocenters.